The second-order valence-electron chi connectivity index (χ2n) is 8.94. The second-order valence-corrected chi connectivity index (χ2v) is 8.94. The van der Waals surface area contributed by atoms with Gasteiger partial charge in [0.15, 0.2) is 11.5 Å². The Kier molecular flexibility index (Phi) is 6.55. The Morgan fingerprint density at radius 2 is 2.00 bits per heavy atom. The molecule has 2 aromatic rings. The lowest BCUT2D eigenvalue weighted by Gasteiger charge is -2.39. The van der Waals surface area contributed by atoms with Crippen LogP contribution in [0.2, 0.25) is 0 Å². The summed E-state index contributed by atoms with van der Waals surface area (Å²) >= 11 is 0. The average molecular weight is 446 g/mol. The fourth-order valence-electron chi connectivity index (χ4n) is 4.19. The van der Waals surface area contributed by atoms with E-state index < -0.39 is 17.5 Å². The Balaban J connectivity index is 1.43. The highest BCUT2D eigenvalue weighted by Crippen LogP contribution is 2.33. The van der Waals surface area contributed by atoms with E-state index in [-0.39, 0.29) is 34.9 Å². The zero-order valence-corrected chi connectivity index (χ0v) is 18.3. The highest BCUT2D eigenvalue weighted by Gasteiger charge is 2.37. The molecule has 1 N–H and O–H groups in total. The molecule has 32 heavy (non-hydrogen) atoms. The van der Waals surface area contributed by atoms with Gasteiger partial charge in [0.05, 0.1) is 11.5 Å². The molecular formula is C23H28F2N4O3. The topological polar surface area (TPSA) is 78.7 Å². The summed E-state index contributed by atoms with van der Waals surface area (Å²) in [4.78, 5) is 29.5. The minimum atomic E-state index is -0.802. The maximum absolute atomic E-state index is 14.0. The van der Waals surface area contributed by atoms with Crippen LogP contribution >= 0.6 is 0 Å². The largest absolute Gasteiger partial charge is 0.355 e. The Morgan fingerprint density at radius 1 is 1.22 bits per heavy atom. The van der Waals surface area contributed by atoms with Gasteiger partial charge in [-0.2, -0.15) is 0 Å². The molecule has 0 bridgehead atoms. The van der Waals surface area contributed by atoms with E-state index in [1.807, 2.05) is 0 Å². The van der Waals surface area contributed by atoms with Crippen LogP contribution < -0.4 is 5.32 Å². The molecule has 2 amide bonds. The molecule has 172 valence electrons. The number of amides is 2. The van der Waals surface area contributed by atoms with Crippen LogP contribution in [0.25, 0.3) is 11.3 Å². The van der Waals surface area contributed by atoms with Crippen LogP contribution in [-0.4, -0.2) is 66.5 Å². The molecule has 2 aliphatic rings. The quantitative estimate of drug-likeness (QED) is 0.708. The Labute approximate surface area is 185 Å². The molecule has 0 unspecified atom stereocenters. The van der Waals surface area contributed by atoms with Crippen molar-refractivity contribution >= 4 is 11.8 Å². The van der Waals surface area contributed by atoms with E-state index in [2.05, 4.69) is 15.4 Å². The lowest BCUT2D eigenvalue weighted by atomic mass is 9.90. The second kappa shape index (κ2) is 9.36. The molecule has 1 saturated heterocycles. The van der Waals surface area contributed by atoms with Gasteiger partial charge in [0.25, 0.3) is 5.91 Å². The predicted octanol–water partition coefficient (Wildman–Crippen LogP) is 2.93. The van der Waals surface area contributed by atoms with Crippen molar-refractivity contribution in [1.82, 2.24) is 20.3 Å². The van der Waals surface area contributed by atoms with Crippen LogP contribution in [0.1, 0.15) is 36.2 Å². The molecule has 7 nitrogen and oxygen atoms in total. The number of carbonyl (C=O) groups excluding carboxylic acids is 2. The van der Waals surface area contributed by atoms with Crippen molar-refractivity contribution in [2.45, 2.75) is 31.7 Å². The molecule has 1 aliphatic heterocycles. The monoisotopic (exact) mass is 446 g/mol. The molecule has 2 heterocycles. The predicted molar refractivity (Wildman–Crippen MR) is 114 cm³/mol. The number of benzene rings is 1. The number of likely N-dealkylation sites (tertiary alicyclic amines) is 1. The summed E-state index contributed by atoms with van der Waals surface area (Å²) in [6.45, 7) is 2.37. The van der Waals surface area contributed by atoms with Crippen molar-refractivity contribution in [2.75, 3.05) is 33.7 Å². The van der Waals surface area contributed by atoms with E-state index in [4.69, 9.17) is 4.52 Å². The van der Waals surface area contributed by atoms with Crippen molar-refractivity contribution < 1.29 is 22.9 Å². The Morgan fingerprint density at radius 3 is 2.69 bits per heavy atom. The van der Waals surface area contributed by atoms with E-state index in [1.165, 1.54) is 25.0 Å². The van der Waals surface area contributed by atoms with E-state index >= 15 is 0 Å². The molecule has 9 heteroatoms. The first-order chi connectivity index (χ1) is 15.3. The van der Waals surface area contributed by atoms with Gasteiger partial charge >= 0.3 is 0 Å². The summed E-state index contributed by atoms with van der Waals surface area (Å²) in [5.41, 5.74) is -0.00137. The third kappa shape index (κ3) is 5.15. The fourth-order valence-corrected chi connectivity index (χ4v) is 4.19. The highest BCUT2D eigenvalue weighted by atomic mass is 19.1. The summed E-state index contributed by atoms with van der Waals surface area (Å²) in [7, 11) is 3.43. The van der Waals surface area contributed by atoms with E-state index in [1.54, 1.807) is 19.0 Å². The number of hydrogen-bond acceptors (Lipinski definition) is 5. The zero-order chi connectivity index (χ0) is 22.8. The van der Waals surface area contributed by atoms with Crippen LogP contribution in [0.15, 0.2) is 28.8 Å². The molecule has 1 aromatic carbocycles. The van der Waals surface area contributed by atoms with Crippen molar-refractivity contribution in [3.63, 3.8) is 0 Å². The van der Waals surface area contributed by atoms with Crippen LogP contribution in [0, 0.1) is 23.5 Å². The van der Waals surface area contributed by atoms with Gasteiger partial charge in [0.2, 0.25) is 5.91 Å². The van der Waals surface area contributed by atoms with Crippen LogP contribution in [0.5, 0.6) is 0 Å². The Hall–Kier alpha value is -2.81. The molecule has 1 aromatic heterocycles. The number of carbonyl (C=O) groups is 2. The minimum absolute atomic E-state index is 0.0163. The van der Waals surface area contributed by atoms with Gasteiger partial charge in [-0.3, -0.25) is 9.59 Å². The maximum atomic E-state index is 14.0. The zero-order valence-electron chi connectivity index (χ0n) is 18.3. The van der Waals surface area contributed by atoms with Crippen molar-refractivity contribution in [3.05, 3.63) is 41.6 Å². The summed E-state index contributed by atoms with van der Waals surface area (Å²) in [5, 5.41) is 6.66. The molecule has 0 spiro atoms. The smallest absolute Gasteiger partial charge is 0.273 e. The third-order valence-corrected chi connectivity index (χ3v) is 6.26. The van der Waals surface area contributed by atoms with Gasteiger partial charge in [-0.15, -0.1) is 0 Å². The maximum Gasteiger partial charge on any atom is 0.273 e. The van der Waals surface area contributed by atoms with E-state index in [9.17, 15) is 18.4 Å². The number of piperidine rings is 1. The lowest BCUT2D eigenvalue weighted by molar-refractivity contribution is -0.135. The van der Waals surface area contributed by atoms with Gasteiger partial charge in [0.1, 0.15) is 11.6 Å². The third-order valence-electron chi connectivity index (χ3n) is 6.26. The summed E-state index contributed by atoms with van der Waals surface area (Å²) in [6, 6.07) is 4.06. The molecule has 4 rings (SSSR count). The van der Waals surface area contributed by atoms with Crippen LogP contribution in [0.3, 0.4) is 0 Å². The van der Waals surface area contributed by atoms with Gasteiger partial charge in [-0.1, -0.05) is 18.0 Å². The minimum Gasteiger partial charge on any atom is -0.355 e. The van der Waals surface area contributed by atoms with E-state index in [0.29, 0.717) is 13.0 Å². The first-order valence-corrected chi connectivity index (χ1v) is 11.0. The van der Waals surface area contributed by atoms with E-state index in [0.717, 1.165) is 37.6 Å². The number of nitrogens with one attached hydrogen (secondary N) is 1. The average Bonchev–Trinajstić information content (AvgIpc) is 3.46. The standard InChI is InChI=1S/C23H28F2N4O3/c1-28(2)23(31)17-13-29(9-7-14-3-4-14)10-8-19(17)26-22(30)20-12-21(32-27-20)16-6-5-15(24)11-18(16)25/h5-6,11-12,14,17,19H,3-4,7-10,13H2,1-2H3,(H,26,30)/t17-,19-/m0/s1. The first-order valence-electron chi connectivity index (χ1n) is 11.0. The van der Waals surface area contributed by atoms with Crippen molar-refractivity contribution in [3.8, 4) is 11.3 Å². The van der Waals surface area contributed by atoms with Gasteiger partial charge in [-0.25, -0.2) is 8.78 Å². The highest BCUT2D eigenvalue weighted by molar-refractivity contribution is 5.94. The summed E-state index contributed by atoms with van der Waals surface area (Å²) in [6.07, 6.45) is 4.40. The molecule has 1 aliphatic carbocycles. The molecular weight excluding hydrogens is 418 g/mol. The number of rotatable bonds is 7. The Bertz CT molecular complexity index is 989. The number of halogens is 2. The van der Waals surface area contributed by atoms with Crippen LogP contribution in [0.4, 0.5) is 8.78 Å². The lowest BCUT2D eigenvalue weighted by Crippen LogP contribution is -2.55. The fraction of sp³-hybridized carbons (Fsp3) is 0.522. The normalized spacial score (nSPS) is 21.4. The van der Waals surface area contributed by atoms with Gasteiger partial charge < -0.3 is 19.6 Å². The molecule has 2 atom stereocenters. The number of hydrogen-bond donors (Lipinski definition) is 1. The van der Waals surface area contributed by atoms with Crippen molar-refractivity contribution in [2.24, 2.45) is 11.8 Å². The number of nitrogens with zero attached hydrogens (tertiary/aromatic N) is 3. The molecule has 0 radical (unpaired) electrons. The first kappa shape index (κ1) is 22.4. The summed E-state index contributed by atoms with van der Waals surface area (Å²) in [5.74, 6) is -1.53. The van der Waals surface area contributed by atoms with Crippen molar-refractivity contribution in [1.29, 1.82) is 0 Å². The summed E-state index contributed by atoms with van der Waals surface area (Å²) < 4.78 is 32.3. The van der Waals surface area contributed by atoms with Crippen LogP contribution in [-0.2, 0) is 4.79 Å². The SMILES string of the molecule is CN(C)C(=O)[C@H]1CN(CCC2CC2)CC[C@@H]1NC(=O)c1cc(-c2ccc(F)cc2F)on1. The molecule has 2 fully saturated rings. The molecule has 1 saturated carbocycles. The van der Waals surface area contributed by atoms with Gasteiger partial charge in [0, 0.05) is 45.4 Å². The number of aromatic nitrogens is 1. The van der Waals surface area contributed by atoms with Gasteiger partial charge in [-0.05, 0) is 37.4 Å².